The summed E-state index contributed by atoms with van der Waals surface area (Å²) < 4.78 is 5.61. The van der Waals surface area contributed by atoms with Gasteiger partial charge < -0.3 is 4.74 Å². The zero-order valence-electron chi connectivity index (χ0n) is 12.9. The van der Waals surface area contributed by atoms with Gasteiger partial charge in [0, 0.05) is 0 Å². The van der Waals surface area contributed by atoms with E-state index in [1.54, 1.807) is 0 Å². The Balaban J connectivity index is 0.00000361. The normalized spacial score (nSPS) is 10.2. The first-order valence-corrected chi connectivity index (χ1v) is 7.19. The molecule has 0 heterocycles. The Labute approximate surface area is 128 Å². The second-order valence-electron chi connectivity index (χ2n) is 4.55. The van der Waals surface area contributed by atoms with E-state index in [9.17, 15) is 4.79 Å². The van der Waals surface area contributed by atoms with Gasteiger partial charge in [0.25, 0.3) is 0 Å². The molecule has 0 spiro atoms. The summed E-state index contributed by atoms with van der Waals surface area (Å²) in [5.74, 6) is 0.601. The molecule has 0 bridgehead atoms. The Morgan fingerprint density at radius 3 is 1.95 bits per heavy atom. The van der Waals surface area contributed by atoms with Gasteiger partial charge >= 0.3 is 5.97 Å². The lowest BCUT2D eigenvalue weighted by Crippen LogP contribution is -2.32. The fourth-order valence-electron chi connectivity index (χ4n) is 2.10. The van der Waals surface area contributed by atoms with Gasteiger partial charge in [0.1, 0.15) is 5.75 Å². The number of nitrogens with zero attached hydrogens (tertiary/aromatic N) is 1. The Bertz CT molecular complexity index is 395. The van der Waals surface area contributed by atoms with Crippen molar-refractivity contribution in [3.63, 3.8) is 0 Å². The largest absolute Gasteiger partial charge is 0.425 e. The van der Waals surface area contributed by atoms with Crippen LogP contribution < -0.4 is 4.74 Å². The maximum absolute atomic E-state index is 12.0. The van der Waals surface area contributed by atoms with Gasteiger partial charge in [0.2, 0.25) is 0 Å². The summed E-state index contributed by atoms with van der Waals surface area (Å²) >= 11 is 0. The van der Waals surface area contributed by atoms with Crippen LogP contribution in [-0.4, -0.2) is 30.5 Å². The summed E-state index contributed by atoms with van der Waals surface area (Å²) in [6.45, 7) is 10.3. The van der Waals surface area contributed by atoms with Gasteiger partial charge in [0.15, 0.2) is 0 Å². The molecule has 0 aromatic heterocycles. The minimum Gasteiger partial charge on any atom is -0.425 e. The molecule has 20 heavy (non-hydrogen) atoms. The summed E-state index contributed by atoms with van der Waals surface area (Å²) in [5, 5.41) is 0. The highest BCUT2D eigenvalue weighted by atomic mass is 35.5. The molecule has 4 heteroatoms. The van der Waals surface area contributed by atoms with E-state index >= 15 is 0 Å². The third-order valence-electron chi connectivity index (χ3n) is 3.40. The topological polar surface area (TPSA) is 29.5 Å². The molecule has 114 valence electrons. The SMILES string of the molecule is CCc1cccc(CC)c1OC(=O)CN(CC)CC.Cl. The molecule has 0 unspecified atom stereocenters. The quantitative estimate of drug-likeness (QED) is 0.570. The van der Waals surface area contributed by atoms with E-state index < -0.39 is 0 Å². The van der Waals surface area contributed by atoms with Crippen molar-refractivity contribution >= 4 is 18.4 Å². The van der Waals surface area contributed by atoms with Gasteiger partial charge in [-0.15, -0.1) is 12.4 Å². The van der Waals surface area contributed by atoms with Crippen molar-refractivity contribution < 1.29 is 9.53 Å². The molecule has 0 fully saturated rings. The first-order valence-electron chi connectivity index (χ1n) is 7.19. The Hall–Kier alpha value is -1.06. The lowest BCUT2D eigenvalue weighted by Gasteiger charge is -2.18. The van der Waals surface area contributed by atoms with E-state index in [0.717, 1.165) is 42.8 Å². The van der Waals surface area contributed by atoms with Crippen LogP contribution in [0.5, 0.6) is 5.75 Å². The summed E-state index contributed by atoms with van der Waals surface area (Å²) in [5.41, 5.74) is 2.21. The number of likely N-dealkylation sites (N-methyl/N-ethyl adjacent to an activating group) is 1. The van der Waals surface area contributed by atoms with Crippen LogP contribution >= 0.6 is 12.4 Å². The van der Waals surface area contributed by atoms with E-state index in [0.29, 0.717) is 6.54 Å². The van der Waals surface area contributed by atoms with Crippen LogP contribution in [0.3, 0.4) is 0 Å². The summed E-state index contributed by atoms with van der Waals surface area (Å²) in [4.78, 5) is 14.1. The molecule has 0 aliphatic rings. The van der Waals surface area contributed by atoms with Gasteiger partial charge in [-0.1, -0.05) is 45.9 Å². The third-order valence-corrected chi connectivity index (χ3v) is 3.40. The second kappa shape index (κ2) is 9.78. The molecule has 0 saturated carbocycles. The number of hydrogen-bond acceptors (Lipinski definition) is 3. The molecule has 0 atom stereocenters. The van der Waals surface area contributed by atoms with Crippen molar-refractivity contribution in [1.29, 1.82) is 0 Å². The highest BCUT2D eigenvalue weighted by molar-refractivity contribution is 5.85. The zero-order chi connectivity index (χ0) is 14.3. The van der Waals surface area contributed by atoms with E-state index in [1.807, 2.05) is 32.0 Å². The van der Waals surface area contributed by atoms with Crippen LogP contribution in [0.2, 0.25) is 0 Å². The molecular formula is C16H26ClNO2. The average molecular weight is 300 g/mol. The molecule has 0 aliphatic carbocycles. The first kappa shape index (κ1) is 18.9. The highest BCUT2D eigenvalue weighted by Gasteiger charge is 2.14. The number of rotatable bonds is 7. The van der Waals surface area contributed by atoms with Crippen molar-refractivity contribution in [2.45, 2.75) is 40.5 Å². The van der Waals surface area contributed by atoms with Crippen LogP contribution in [0.1, 0.15) is 38.8 Å². The third kappa shape index (κ3) is 5.14. The Morgan fingerprint density at radius 2 is 1.55 bits per heavy atom. The minimum atomic E-state index is -0.167. The van der Waals surface area contributed by atoms with Crippen molar-refractivity contribution in [1.82, 2.24) is 4.90 Å². The predicted octanol–water partition coefficient (Wildman–Crippen LogP) is 3.48. The number of carbonyl (C=O) groups excluding carboxylic acids is 1. The number of esters is 1. The Morgan fingerprint density at radius 1 is 1.05 bits per heavy atom. The van der Waals surface area contributed by atoms with E-state index in [-0.39, 0.29) is 18.4 Å². The summed E-state index contributed by atoms with van der Waals surface area (Å²) in [6, 6.07) is 6.08. The molecular weight excluding hydrogens is 274 g/mol. The number of benzene rings is 1. The van der Waals surface area contributed by atoms with E-state index in [4.69, 9.17) is 4.74 Å². The van der Waals surface area contributed by atoms with Crippen LogP contribution in [-0.2, 0) is 17.6 Å². The summed E-state index contributed by atoms with van der Waals surface area (Å²) in [7, 11) is 0. The smallest absolute Gasteiger partial charge is 0.325 e. The van der Waals surface area contributed by atoms with Crippen LogP contribution in [0.25, 0.3) is 0 Å². The lowest BCUT2D eigenvalue weighted by atomic mass is 10.0. The van der Waals surface area contributed by atoms with Crippen molar-refractivity contribution in [2.24, 2.45) is 0 Å². The molecule has 0 amide bonds. The highest BCUT2D eigenvalue weighted by Crippen LogP contribution is 2.25. The molecule has 1 aromatic carbocycles. The predicted molar refractivity (Wildman–Crippen MR) is 85.9 cm³/mol. The number of hydrogen-bond donors (Lipinski definition) is 0. The average Bonchev–Trinajstić information content (AvgIpc) is 2.44. The van der Waals surface area contributed by atoms with E-state index in [2.05, 4.69) is 18.7 Å². The van der Waals surface area contributed by atoms with Crippen molar-refractivity contribution in [2.75, 3.05) is 19.6 Å². The lowest BCUT2D eigenvalue weighted by molar-refractivity contribution is -0.135. The van der Waals surface area contributed by atoms with Gasteiger partial charge in [-0.25, -0.2) is 0 Å². The number of para-hydroxylation sites is 1. The molecule has 0 radical (unpaired) electrons. The van der Waals surface area contributed by atoms with E-state index in [1.165, 1.54) is 0 Å². The molecule has 1 aromatic rings. The standard InChI is InChI=1S/C16H25NO2.ClH/c1-5-13-10-9-11-14(6-2)16(13)19-15(18)12-17(7-3)8-4;/h9-11H,5-8,12H2,1-4H3;1H. The van der Waals surface area contributed by atoms with Crippen LogP contribution in [0, 0.1) is 0 Å². The molecule has 1 rings (SSSR count). The maximum atomic E-state index is 12.0. The first-order chi connectivity index (χ1) is 9.15. The van der Waals surface area contributed by atoms with Crippen molar-refractivity contribution in [3.05, 3.63) is 29.3 Å². The monoisotopic (exact) mass is 299 g/mol. The van der Waals surface area contributed by atoms with Gasteiger partial charge in [-0.05, 0) is 37.1 Å². The number of halogens is 1. The Kier molecular flexibility index (Phi) is 9.26. The fraction of sp³-hybridized carbons (Fsp3) is 0.562. The number of aryl methyl sites for hydroxylation is 2. The number of ether oxygens (including phenoxy) is 1. The van der Waals surface area contributed by atoms with Gasteiger partial charge in [-0.2, -0.15) is 0 Å². The molecule has 0 saturated heterocycles. The van der Waals surface area contributed by atoms with Gasteiger partial charge in [0.05, 0.1) is 6.54 Å². The fourth-order valence-corrected chi connectivity index (χ4v) is 2.10. The molecule has 0 N–H and O–H groups in total. The number of carbonyl (C=O) groups is 1. The summed E-state index contributed by atoms with van der Waals surface area (Å²) in [6.07, 6.45) is 1.75. The zero-order valence-corrected chi connectivity index (χ0v) is 13.8. The van der Waals surface area contributed by atoms with Crippen LogP contribution in [0.4, 0.5) is 0 Å². The minimum absolute atomic E-state index is 0. The van der Waals surface area contributed by atoms with Crippen LogP contribution in [0.15, 0.2) is 18.2 Å². The van der Waals surface area contributed by atoms with Crippen molar-refractivity contribution in [3.8, 4) is 5.75 Å². The second-order valence-corrected chi connectivity index (χ2v) is 4.55. The maximum Gasteiger partial charge on any atom is 0.325 e. The van der Waals surface area contributed by atoms with Gasteiger partial charge in [-0.3, -0.25) is 9.69 Å². The molecule has 3 nitrogen and oxygen atoms in total. The molecule has 0 aliphatic heterocycles.